The van der Waals surface area contributed by atoms with E-state index >= 15 is 0 Å². The molecule has 0 unspecified atom stereocenters. The maximum absolute atomic E-state index is 12.1. The second kappa shape index (κ2) is 6.75. The standard InChI is InChI=1S/C17H14BrN3O2/c1-11-5-7-12(8-6-11)17-20-15(21-23-17)10-19-16(22)13-3-2-4-14(18)9-13/h2-9H,10H2,1H3,(H,19,22). The van der Waals surface area contributed by atoms with Crippen molar-refractivity contribution in [1.29, 1.82) is 0 Å². The van der Waals surface area contributed by atoms with Crippen molar-refractivity contribution in [1.82, 2.24) is 15.5 Å². The van der Waals surface area contributed by atoms with E-state index in [1.54, 1.807) is 12.1 Å². The van der Waals surface area contributed by atoms with Crippen molar-refractivity contribution in [2.24, 2.45) is 0 Å². The van der Waals surface area contributed by atoms with Crippen LogP contribution in [0.1, 0.15) is 21.7 Å². The van der Waals surface area contributed by atoms with Gasteiger partial charge in [0.05, 0.1) is 6.54 Å². The summed E-state index contributed by atoms with van der Waals surface area (Å²) in [5, 5.41) is 6.66. The fraction of sp³-hybridized carbons (Fsp3) is 0.118. The smallest absolute Gasteiger partial charge is 0.257 e. The molecule has 0 saturated heterocycles. The molecule has 1 amide bonds. The topological polar surface area (TPSA) is 68.0 Å². The molecule has 0 fully saturated rings. The van der Waals surface area contributed by atoms with Gasteiger partial charge in [-0.05, 0) is 37.3 Å². The minimum atomic E-state index is -0.187. The van der Waals surface area contributed by atoms with Gasteiger partial charge in [0.2, 0.25) is 0 Å². The molecule has 0 atom stereocenters. The third-order valence-corrected chi connectivity index (χ3v) is 3.75. The number of hydrogen-bond donors (Lipinski definition) is 1. The highest BCUT2D eigenvalue weighted by molar-refractivity contribution is 9.10. The van der Waals surface area contributed by atoms with Crippen LogP contribution in [0.5, 0.6) is 0 Å². The molecule has 3 aromatic rings. The van der Waals surface area contributed by atoms with Crippen molar-refractivity contribution in [2.75, 3.05) is 0 Å². The van der Waals surface area contributed by atoms with Gasteiger partial charge >= 0.3 is 0 Å². The highest BCUT2D eigenvalue weighted by Gasteiger charge is 2.11. The third-order valence-electron chi connectivity index (χ3n) is 3.26. The van der Waals surface area contributed by atoms with Crippen LogP contribution in [-0.4, -0.2) is 16.0 Å². The van der Waals surface area contributed by atoms with Crippen LogP contribution in [0.25, 0.3) is 11.5 Å². The van der Waals surface area contributed by atoms with Gasteiger partial charge in [-0.3, -0.25) is 4.79 Å². The summed E-state index contributed by atoms with van der Waals surface area (Å²) in [5.74, 6) is 0.689. The summed E-state index contributed by atoms with van der Waals surface area (Å²) >= 11 is 3.34. The van der Waals surface area contributed by atoms with Crippen molar-refractivity contribution in [3.63, 3.8) is 0 Å². The number of hydrogen-bond acceptors (Lipinski definition) is 4. The van der Waals surface area contributed by atoms with Gasteiger partial charge in [-0.15, -0.1) is 0 Å². The average Bonchev–Trinajstić information content (AvgIpc) is 3.02. The summed E-state index contributed by atoms with van der Waals surface area (Å²) in [4.78, 5) is 16.4. The lowest BCUT2D eigenvalue weighted by atomic mass is 10.1. The van der Waals surface area contributed by atoms with E-state index in [4.69, 9.17) is 4.52 Å². The van der Waals surface area contributed by atoms with E-state index in [1.807, 2.05) is 43.3 Å². The van der Waals surface area contributed by atoms with Crippen molar-refractivity contribution in [3.05, 3.63) is 70.0 Å². The summed E-state index contributed by atoms with van der Waals surface area (Å²) < 4.78 is 6.08. The number of halogens is 1. The number of rotatable bonds is 4. The number of aryl methyl sites for hydroxylation is 1. The number of aromatic nitrogens is 2. The largest absolute Gasteiger partial charge is 0.345 e. The molecule has 116 valence electrons. The van der Waals surface area contributed by atoms with Crippen LogP contribution in [0, 0.1) is 6.92 Å². The predicted molar refractivity (Wildman–Crippen MR) is 89.8 cm³/mol. The number of carbonyl (C=O) groups is 1. The molecule has 0 saturated carbocycles. The molecule has 5 nitrogen and oxygen atoms in total. The van der Waals surface area contributed by atoms with Gasteiger partial charge in [-0.1, -0.05) is 44.8 Å². The van der Waals surface area contributed by atoms with E-state index in [0.717, 1.165) is 15.6 Å². The summed E-state index contributed by atoms with van der Waals surface area (Å²) in [6.45, 7) is 2.22. The first kappa shape index (κ1) is 15.4. The lowest BCUT2D eigenvalue weighted by Crippen LogP contribution is -2.23. The maximum atomic E-state index is 12.1. The summed E-state index contributed by atoms with van der Waals surface area (Å²) in [7, 11) is 0. The first-order chi connectivity index (χ1) is 11.1. The summed E-state index contributed by atoms with van der Waals surface area (Å²) in [6, 6.07) is 15.0. The number of benzene rings is 2. The van der Waals surface area contributed by atoms with Crippen molar-refractivity contribution < 1.29 is 9.32 Å². The fourth-order valence-electron chi connectivity index (χ4n) is 2.03. The minimum Gasteiger partial charge on any atom is -0.345 e. The van der Waals surface area contributed by atoms with Gasteiger partial charge < -0.3 is 9.84 Å². The van der Waals surface area contributed by atoms with E-state index in [0.29, 0.717) is 17.3 Å². The molecule has 2 aromatic carbocycles. The Kier molecular flexibility index (Phi) is 4.52. The quantitative estimate of drug-likeness (QED) is 0.758. The Morgan fingerprint density at radius 2 is 2.00 bits per heavy atom. The molecule has 0 aliphatic rings. The van der Waals surface area contributed by atoms with Gasteiger partial charge in [0.25, 0.3) is 11.8 Å². The fourth-order valence-corrected chi connectivity index (χ4v) is 2.43. The monoisotopic (exact) mass is 371 g/mol. The number of nitrogens with zero attached hydrogens (tertiary/aromatic N) is 2. The lowest BCUT2D eigenvalue weighted by molar-refractivity contribution is 0.0949. The molecule has 0 bridgehead atoms. The molecular weight excluding hydrogens is 358 g/mol. The predicted octanol–water partition coefficient (Wildman–Crippen LogP) is 3.74. The molecule has 0 spiro atoms. The van der Waals surface area contributed by atoms with Crippen LogP contribution in [0.2, 0.25) is 0 Å². The van der Waals surface area contributed by atoms with Crippen molar-refractivity contribution in [2.45, 2.75) is 13.5 Å². The second-order valence-corrected chi connectivity index (χ2v) is 5.99. The Bertz CT molecular complexity index is 828. The Balaban J connectivity index is 1.65. The molecular formula is C17H14BrN3O2. The zero-order chi connectivity index (χ0) is 16.2. The SMILES string of the molecule is Cc1ccc(-c2nc(CNC(=O)c3cccc(Br)c3)no2)cc1. The average molecular weight is 372 g/mol. The second-order valence-electron chi connectivity index (χ2n) is 5.07. The minimum absolute atomic E-state index is 0.187. The maximum Gasteiger partial charge on any atom is 0.257 e. The molecule has 1 heterocycles. The van der Waals surface area contributed by atoms with E-state index in [1.165, 1.54) is 0 Å². The molecule has 1 N–H and O–H groups in total. The third kappa shape index (κ3) is 3.84. The van der Waals surface area contributed by atoms with Crippen LogP contribution in [0.3, 0.4) is 0 Å². The molecule has 1 aromatic heterocycles. The highest BCUT2D eigenvalue weighted by Crippen LogP contribution is 2.17. The summed E-state index contributed by atoms with van der Waals surface area (Å²) in [5.41, 5.74) is 2.59. The Hall–Kier alpha value is -2.47. The van der Waals surface area contributed by atoms with E-state index < -0.39 is 0 Å². The molecule has 3 rings (SSSR count). The molecule has 0 aliphatic heterocycles. The molecule has 0 radical (unpaired) electrons. The van der Waals surface area contributed by atoms with Gasteiger partial charge in [-0.25, -0.2) is 0 Å². The Morgan fingerprint density at radius 3 is 2.74 bits per heavy atom. The lowest BCUT2D eigenvalue weighted by Gasteiger charge is -2.02. The first-order valence-corrected chi connectivity index (χ1v) is 7.84. The summed E-state index contributed by atoms with van der Waals surface area (Å²) in [6.07, 6.45) is 0. The van der Waals surface area contributed by atoms with Crippen LogP contribution >= 0.6 is 15.9 Å². The van der Waals surface area contributed by atoms with Crippen LogP contribution in [-0.2, 0) is 6.54 Å². The number of amides is 1. The molecule has 6 heteroatoms. The highest BCUT2D eigenvalue weighted by atomic mass is 79.9. The van der Waals surface area contributed by atoms with Gasteiger partial charge in [0, 0.05) is 15.6 Å². The van der Waals surface area contributed by atoms with Crippen LogP contribution in [0.15, 0.2) is 57.5 Å². The number of nitrogens with one attached hydrogen (secondary N) is 1. The van der Waals surface area contributed by atoms with Crippen molar-refractivity contribution in [3.8, 4) is 11.5 Å². The number of carbonyl (C=O) groups excluding carboxylic acids is 1. The zero-order valence-electron chi connectivity index (χ0n) is 12.4. The normalized spacial score (nSPS) is 10.5. The van der Waals surface area contributed by atoms with E-state index in [9.17, 15) is 4.79 Å². The Morgan fingerprint density at radius 1 is 1.22 bits per heavy atom. The zero-order valence-corrected chi connectivity index (χ0v) is 14.0. The van der Waals surface area contributed by atoms with Crippen LogP contribution in [0.4, 0.5) is 0 Å². The van der Waals surface area contributed by atoms with Crippen molar-refractivity contribution >= 4 is 21.8 Å². The first-order valence-electron chi connectivity index (χ1n) is 7.05. The molecule has 23 heavy (non-hydrogen) atoms. The van der Waals surface area contributed by atoms with Gasteiger partial charge in [0.1, 0.15) is 0 Å². The van der Waals surface area contributed by atoms with E-state index in [-0.39, 0.29) is 12.5 Å². The molecule has 0 aliphatic carbocycles. The Labute approximate surface area is 141 Å². The van der Waals surface area contributed by atoms with Crippen LogP contribution < -0.4 is 5.32 Å². The van der Waals surface area contributed by atoms with Gasteiger partial charge in [-0.2, -0.15) is 4.98 Å². The van der Waals surface area contributed by atoms with Gasteiger partial charge in [0.15, 0.2) is 5.82 Å². The van der Waals surface area contributed by atoms with E-state index in [2.05, 4.69) is 31.4 Å².